The van der Waals surface area contributed by atoms with Crippen molar-refractivity contribution >= 4 is 39.5 Å². The molecule has 0 aliphatic heterocycles. The third kappa shape index (κ3) is 4.33. The second-order valence-corrected chi connectivity index (χ2v) is 6.82. The van der Waals surface area contributed by atoms with Crippen LogP contribution in [0.5, 0.6) is 5.75 Å². The molecule has 0 fully saturated rings. The Morgan fingerprint density at radius 1 is 1.03 bits per heavy atom. The normalized spacial score (nSPS) is 11.6. The number of esters is 1. The molecular weight excluding hydrogens is 396 g/mol. The lowest BCUT2D eigenvalue weighted by Crippen LogP contribution is -2.31. The molecule has 31 heavy (non-hydrogen) atoms. The Morgan fingerprint density at radius 3 is 2.61 bits per heavy atom. The Hall–Kier alpha value is -4.31. The lowest BCUT2D eigenvalue weighted by Gasteiger charge is -2.14. The summed E-state index contributed by atoms with van der Waals surface area (Å²) in [5.41, 5.74) is 2.17. The quantitative estimate of drug-likeness (QED) is 0.469. The monoisotopic (exact) mass is 414 g/mol. The molecule has 1 unspecified atom stereocenters. The van der Waals surface area contributed by atoms with Gasteiger partial charge in [-0.2, -0.15) is 5.26 Å². The van der Waals surface area contributed by atoms with E-state index in [1.807, 2.05) is 30.3 Å². The molecule has 4 rings (SSSR count). The van der Waals surface area contributed by atoms with E-state index in [0.717, 1.165) is 21.9 Å². The van der Waals surface area contributed by atoms with Crippen LogP contribution in [-0.2, 0) is 14.3 Å². The number of carbonyl (C=O) groups is 2. The summed E-state index contributed by atoms with van der Waals surface area (Å²) >= 11 is 0. The molecule has 7 heteroatoms. The summed E-state index contributed by atoms with van der Waals surface area (Å²) in [5.74, 6) is -0.744. The number of amides is 1. The number of para-hydroxylation sites is 2. The van der Waals surface area contributed by atoms with Crippen LogP contribution in [0, 0.1) is 11.3 Å². The van der Waals surface area contributed by atoms with E-state index in [-0.39, 0.29) is 6.61 Å². The number of ether oxygens (including phenoxy) is 2. The van der Waals surface area contributed by atoms with Crippen molar-refractivity contribution < 1.29 is 23.5 Å². The minimum absolute atomic E-state index is 0.319. The first-order valence-corrected chi connectivity index (χ1v) is 9.59. The highest BCUT2D eigenvalue weighted by atomic mass is 16.6. The van der Waals surface area contributed by atoms with Gasteiger partial charge in [-0.05, 0) is 43.3 Å². The van der Waals surface area contributed by atoms with Crippen LogP contribution < -0.4 is 10.1 Å². The maximum Gasteiger partial charge on any atom is 0.344 e. The standard InChI is InChI=1S/C24H18N2O5/c1-15(24(28)26-20-8-4-2-6-16(20)13-25)30-23(27)14-29-17-10-11-22-19(12-17)18-7-3-5-9-21(18)31-22/h2-12,15H,14H2,1H3,(H,26,28). The van der Waals surface area contributed by atoms with Gasteiger partial charge >= 0.3 is 5.97 Å². The fourth-order valence-corrected chi connectivity index (χ4v) is 3.15. The zero-order chi connectivity index (χ0) is 21.8. The number of rotatable bonds is 6. The number of carbonyl (C=O) groups excluding carboxylic acids is 2. The van der Waals surface area contributed by atoms with Gasteiger partial charge < -0.3 is 19.2 Å². The van der Waals surface area contributed by atoms with Crippen LogP contribution in [0.3, 0.4) is 0 Å². The van der Waals surface area contributed by atoms with Gasteiger partial charge in [0.1, 0.15) is 23.0 Å². The van der Waals surface area contributed by atoms with Crippen molar-refractivity contribution in [3.63, 3.8) is 0 Å². The van der Waals surface area contributed by atoms with Crippen LogP contribution in [0.15, 0.2) is 71.1 Å². The number of nitrogens with zero attached hydrogens (tertiary/aromatic N) is 1. The van der Waals surface area contributed by atoms with Crippen LogP contribution in [0.4, 0.5) is 5.69 Å². The number of nitriles is 1. The second kappa shape index (κ2) is 8.59. The van der Waals surface area contributed by atoms with Gasteiger partial charge in [0, 0.05) is 10.8 Å². The van der Waals surface area contributed by atoms with Crippen molar-refractivity contribution in [1.29, 1.82) is 5.26 Å². The number of benzene rings is 3. The molecule has 1 aromatic heterocycles. The molecule has 3 aromatic carbocycles. The average Bonchev–Trinajstić information content (AvgIpc) is 3.16. The molecule has 1 amide bonds. The molecular formula is C24H18N2O5. The number of fused-ring (bicyclic) bond motifs is 3. The van der Waals surface area contributed by atoms with Crippen LogP contribution >= 0.6 is 0 Å². The Morgan fingerprint density at radius 2 is 1.77 bits per heavy atom. The van der Waals surface area contributed by atoms with E-state index in [1.54, 1.807) is 42.5 Å². The lowest BCUT2D eigenvalue weighted by atomic mass is 10.1. The van der Waals surface area contributed by atoms with Crippen molar-refractivity contribution in [2.24, 2.45) is 0 Å². The van der Waals surface area contributed by atoms with Crippen LogP contribution in [0.1, 0.15) is 12.5 Å². The summed E-state index contributed by atoms with van der Waals surface area (Å²) < 4.78 is 16.4. The Balaban J connectivity index is 1.36. The Kier molecular flexibility index (Phi) is 5.54. The van der Waals surface area contributed by atoms with Crippen LogP contribution in [-0.4, -0.2) is 24.6 Å². The van der Waals surface area contributed by atoms with Crippen molar-refractivity contribution in [3.05, 3.63) is 72.3 Å². The molecule has 0 saturated carbocycles. The number of nitrogens with one attached hydrogen (secondary N) is 1. The molecule has 0 aliphatic rings. The van der Waals surface area contributed by atoms with Gasteiger partial charge in [0.05, 0.1) is 11.3 Å². The predicted molar refractivity (Wildman–Crippen MR) is 115 cm³/mol. The third-order valence-electron chi connectivity index (χ3n) is 4.69. The molecule has 7 nitrogen and oxygen atoms in total. The van der Waals surface area contributed by atoms with Crippen LogP contribution in [0.2, 0.25) is 0 Å². The predicted octanol–water partition coefficient (Wildman–Crippen LogP) is 4.41. The van der Waals surface area contributed by atoms with Gasteiger partial charge in [-0.3, -0.25) is 4.79 Å². The number of furan rings is 1. The molecule has 1 N–H and O–H groups in total. The maximum atomic E-state index is 12.3. The van der Waals surface area contributed by atoms with E-state index in [9.17, 15) is 9.59 Å². The van der Waals surface area contributed by atoms with Gasteiger partial charge in [0.15, 0.2) is 12.7 Å². The number of anilines is 1. The van der Waals surface area contributed by atoms with Gasteiger partial charge in [0.25, 0.3) is 5.91 Å². The maximum absolute atomic E-state index is 12.3. The molecule has 0 spiro atoms. The van der Waals surface area contributed by atoms with E-state index in [0.29, 0.717) is 17.0 Å². The van der Waals surface area contributed by atoms with Gasteiger partial charge in [-0.25, -0.2) is 4.79 Å². The Labute approximate surface area is 177 Å². The minimum Gasteiger partial charge on any atom is -0.482 e. The lowest BCUT2D eigenvalue weighted by molar-refractivity contribution is -0.155. The Bertz CT molecular complexity index is 1320. The summed E-state index contributed by atoms with van der Waals surface area (Å²) in [6, 6.07) is 21.5. The highest BCUT2D eigenvalue weighted by molar-refractivity contribution is 6.05. The molecule has 1 atom stereocenters. The molecule has 4 aromatic rings. The van der Waals surface area contributed by atoms with E-state index in [4.69, 9.17) is 19.2 Å². The van der Waals surface area contributed by atoms with Gasteiger partial charge in [-0.1, -0.05) is 30.3 Å². The molecule has 1 heterocycles. The smallest absolute Gasteiger partial charge is 0.344 e. The second-order valence-electron chi connectivity index (χ2n) is 6.82. The average molecular weight is 414 g/mol. The van der Waals surface area contributed by atoms with Crippen molar-refractivity contribution in [3.8, 4) is 11.8 Å². The van der Waals surface area contributed by atoms with Crippen molar-refractivity contribution in [2.75, 3.05) is 11.9 Å². The highest BCUT2D eigenvalue weighted by Gasteiger charge is 2.19. The summed E-state index contributed by atoms with van der Waals surface area (Å²) in [7, 11) is 0. The molecule has 0 saturated heterocycles. The first-order valence-electron chi connectivity index (χ1n) is 9.59. The zero-order valence-electron chi connectivity index (χ0n) is 16.6. The van der Waals surface area contributed by atoms with Crippen molar-refractivity contribution in [1.82, 2.24) is 0 Å². The largest absolute Gasteiger partial charge is 0.482 e. The molecule has 0 bridgehead atoms. The highest BCUT2D eigenvalue weighted by Crippen LogP contribution is 2.31. The van der Waals surface area contributed by atoms with E-state index in [1.165, 1.54) is 6.92 Å². The van der Waals surface area contributed by atoms with Crippen molar-refractivity contribution in [2.45, 2.75) is 13.0 Å². The van der Waals surface area contributed by atoms with Crippen LogP contribution in [0.25, 0.3) is 21.9 Å². The van der Waals surface area contributed by atoms with Gasteiger partial charge in [0.2, 0.25) is 0 Å². The number of hydrogen-bond donors (Lipinski definition) is 1. The summed E-state index contributed by atoms with van der Waals surface area (Å²) in [6.45, 7) is 1.10. The van der Waals surface area contributed by atoms with E-state index in [2.05, 4.69) is 5.32 Å². The SMILES string of the molecule is CC(OC(=O)COc1ccc2oc3ccccc3c2c1)C(=O)Nc1ccccc1C#N. The molecule has 0 aliphatic carbocycles. The number of hydrogen-bond acceptors (Lipinski definition) is 6. The van der Waals surface area contributed by atoms with E-state index < -0.39 is 18.0 Å². The summed E-state index contributed by atoms with van der Waals surface area (Å²) in [5, 5.41) is 13.5. The first-order chi connectivity index (χ1) is 15.0. The fourth-order valence-electron chi connectivity index (χ4n) is 3.15. The zero-order valence-corrected chi connectivity index (χ0v) is 16.6. The first kappa shape index (κ1) is 20.0. The fraction of sp³-hybridized carbons (Fsp3) is 0.125. The molecule has 154 valence electrons. The summed E-state index contributed by atoms with van der Waals surface area (Å²) in [4.78, 5) is 24.4. The topological polar surface area (TPSA) is 102 Å². The minimum atomic E-state index is -1.05. The van der Waals surface area contributed by atoms with E-state index >= 15 is 0 Å². The molecule has 0 radical (unpaired) electrons. The third-order valence-corrected chi connectivity index (χ3v) is 4.69. The summed E-state index contributed by atoms with van der Waals surface area (Å²) in [6.07, 6.45) is -1.05. The van der Waals surface area contributed by atoms with Gasteiger partial charge in [-0.15, -0.1) is 0 Å².